The number of nitrogens with two attached hydrogens (primary N) is 1. The number of benzene rings is 1. The molecular formula is C19H17F3N5O2+. The lowest BCUT2D eigenvalue weighted by Gasteiger charge is -2.37. The van der Waals surface area contributed by atoms with Crippen molar-refractivity contribution >= 4 is 17.4 Å². The first-order valence-electron chi connectivity index (χ1n) is 8.87. The molecule has 2 aliphatic rings. The number of nitrogens with zero attached hydrogens (tertiary/aromatic N) is 1. The molecule has 0 saturated heterocycles. The van der Waals surface area contributed by atoms with E-state index in [2.05, 4.69) is 22.1 Å². The average Bonchev–Trinajstić information content (AvgIpc) is 3.46. The zero-order valence-electron chi connectivity index (χ0n) is 15.1. The lowest BCUT2D eigenvalue weighted by molar-refractivity contribution is -0.385. The van der Waals surface area contributed by atoms with Crippen LogP contribution >= 0.6 is 0 Å². The molecule has 2 heterocycles. The topological polar surface area (TPSA) is 103 Å². The summed E-state index contributed by atoms with van der Waals surface area (Å²) in [6.45, 7) is 0.0592. The van der Waals surface area contributed by atoms with Crippen LogP contribution in [0.15, 0.2) is 35.5 Å². The Morgan fingerprint density at radius 1 is 1.31 bits per heavy atom. The van der Waals surface area contributed by atoms with Gasteiger partial charge in [0.2, 0.25) is 11.9 Å². The first-order valence-corrected chi connectivity index (χ1v) is 8.87. The van der Waals surface area contributed by atoms with Crippen molar-refractivity contribution in [2.75, 3.05) is 11.1 Å². The lowest BCUT2D eigenvalue weighted by atomic mass is 9.85. The maximum Gasteiger partial charge on any atom is 0.427 e. The summed E-state index contributed by atoms with van der Waals surface area (Å²) in [7, 11) is 0. The van der Waals surface area contributed by atoms with Gasteiger partial charge in [-0.2, -0.15) is 17.7 Å². The number of H-pyrrole nitrogens is 1. The molecular weight excluding hydrogens is 387 g/mol. The maximum absolute atomic E-state index is 14.1. The monoisotopic (exact) mass is 404 g/mol. The fraction of sp³-hybridized carbons (Fsp3) is 0.316. The van der Waals surface area contributed by atoms with Gasteiger partial charge in [0.1, 0.15) is 12.7 Å². The van der Waals surface area contributed by atoms with Gasteiger partial charge in [0.25, 0.3) is 0 Å². The summed E-state index contributed by atoms with van der Waals surface area (Å²) in [5.41, 5.74) is 2.69. The van der Waals surface area contributed by atoms with Crippen LogP contribution in [0.4, 0.5) is 29.3 Å². The molecule has 10 heteroatoms. The molecule has 2 amide bonds. The number of nitrogen functional groups attached to an aromatic ring is 1. The number of rotatable bonds is 2. The van der Waals surface area contributed by atoms with Gasteiger partial charge in [0.05, 0.1) is 0 Å². The highest BCUT2D eigenvalue weighted by atomic mass is 19.4. The second kappa shape index (κ2) is 6.55. The molecule has 2 aromatic rings. The number of fused-ring (bicyclic) bond motifs is 1. The van der Waals surface area contributed by atoms with Gasteiger partial charge in [0.15, 0.2) is 5.69 Å². The molecule has 7 nitrogen and oxygen atoms in total. The Balaban J connectivity index is 1.78. The molecule has 29 heavy (non-hydrogen) atoms. The molecule has 0 radical (unpaired) electrons. The van der Waals surface area contributed by atoms with Gasteiger partial charge in [-0.3, -0.25) is 4.98 Å². The van der Waals surface area contributed by atoms with E-state index in [1.165, 1.54) is 35.3 Å². The molecule has 4 rings (SSSR count). The van der Waals surface area contributed by atoms with Crippen molar-refractivity contribution in [3.8, 4) is 11.8 Å². The summed E-state index contributed by atoms with van der Waals surface area (Å²) in [6, 6.07) is 3.15. The molecule has 1 saturated carbocycles. The van der Waals surface area contributed by atoms with Crippen LogP contribution in [0.3, 0.4) is 0 Å². The first kappa shape index (κ1) is 18.9. The number of urea groups is 1. The summed E-state index contributed by atoms with van der Waals surface area (Å²) < 4.78 is 43.4. The van der Waals surface area contributed by atoms with E-state index in [4.69, 9.17) is 5.73 Å². The van der Waals surface area contributed by atoms with Gasteiger partial charge < -0.3 is 16.4 Å². The minimum Gasteiger partial charge on any atom is -0.389 e. The first-order chi connectivity index (χ1) is 13.7. The largest absolute Gasteiger partial charge is 0.427 e. The Morgan fingerprint density at radius 2 is 2.07 bits per heavy atom. The molecule has 0 bridgehead atoms. The fourth-order valence-corrected chi connectivity index (χ4v) is 3.16. The number of hydrogen-bond acceptors (Lipinski definition) is 3. The van der Waals surface area contributed by atoms with Gasteiger partial charge in [0, 0.05) is 17.2 Å². The van der Waals surface area contributed by atoms with E-state index < -0.39 is 23.3 Å². The van der Waals surface area contributed by atoms with Crippen molar-refractivity contribution in [2.24, 2.45) is 5.92 Å². The maximum atomic E-state index is 14.1. The minimum atomic E-state index is -4.82. The number of amides is 2. The zero-order chi connectivity index (χ0) is 20.8. The predicted molar refractivity (Wildman–Crippen MR) is 97.6 cm³/mol. The van der Waals surface area contributed by atoms with Crippen LogP contribution in [-0.2, 0) is 12.1 Å². The second-order valence-corrected chi connectivity index (χ2v) is 7.08. The molecule has 1 unspecified atom stereocenters. The van der Waals surface area contributed by atoms with Crippen molar-refractivity contribution in [1.29, 1.82) is 0 Å². The van der Waals surface area contributed by atoms with Gasteiger partial charge >= 0.3 is 17.8 Å². The highest BCUT2D eigenvalue weighted by Gasteiger charge is 2.59. The summed E-state index contributed by atoms with van der Waals surface area (Å²) in [5.74, 6) is 4.84. The zero-order valence-corrected chi connectivity index (χ0v) is 15.1. The summed E-state index contributed by atoms with van der Waals surface area (Å²) in [5, 5.41) is 4.37. The predicted octanol–water partition coefficient (Wildman–Crippen LogP) is 1.60. The quantitative estimate of drug-likeness (QED) is 0.663. The highest BCUT2D eigenvalue weighted by Crippen LogP contribution is 2.44. The molecule has 5 N–H and O–H groups in total. The number of carbonyl (C=O) groups is 1. The smallest absolute Gasteiger partial charge is 0.389 e. The van der Waals surface area contributed by atoms with Gasteiger partial charge in [-0.1, -0.05) is 24.0 Å². The van der Waals surface area contributed by atoms with Crippen LogP contribution in [0.5, 0.6) is 0 Å². The Bertz CT molecular complexity index is 1110. The van der Waals surface area contributed by atoms with Gasteiger partial charge in [-0.05, 0) is 24.5 Å². The Kier molecular flexibility index (Phi) is 4.26. The van der Waals surface area contributed by atoms with Gasteiger partial charge in [-0.25, -0.2) is 9.59 Å². The van der Waals surface area contributed by atoms with E-state index in [0.29, 0.717) is 5.56 Å². The number of aromatic nitrogens is 2. The van der Waals surface area contributed by atoms with Crippen molar-refractivity contribution in [1.82, 2.24) is 9.88 Å². The number of nitrogens with one attached hydrogen (secondary N) is 3. The number of halogens is 3. The van der Waals surface area contributed by atoms with E-state index in [0.717, 1.165) is 12.8 Å². The summed E-state index contributed by atoms with van der Waals surface area (Å²) in [6.07, 6.45) is -0.564. The molecule has 1 aliphatic carbocycles. The van der Waals surface area contributed by atoms with Crippen molar-refractivity contribution in [3.63, 3.8) is 0 Å². The van der Waals surface area contributed by atoms with E-state index >= 15 is 0 Å². The van der Waals surface area contributed by atoms with Crippen LogP contribution < -0.4 is 26.9 Å². The summed E-state index contributed by atoms with van der Waals surface area (Å²) in [4.78, 5) is 26.8. The normalized spacial score (nSPS) is 20.7. The molecule has 150 valence electrons. The van der Waals surface area contributed by atoms with Crippen molar-refractivity contribution in [3.05, 3.63) is 52.2 Å². The standard InChI is InChI=1S/C19H16F3N5O2/c20-19(21,22)18(6-5-11-1-2-11)13-4-3-12(7-15(13)25-17(29)26-18)9-27-10-24-8-14(23)16(27)28/h3-4,7-8,10-11H,1-2,9,23H2,(H2,25,26,29)/p+1. The molecule has 1 fully saturated rings. The van der Waals surface area contributed by atoms with Crippen LogP contribution in [0.1, 0.15) is 24.0 Å². The van der Waals surface area contributed by atoms with Crippen molar-refractivity contribution < 1.29 is 22.9 Å². The number of aromatic amines is 1. The van der Waals surface area contributed by atoms with Crippen LogP contribution in [0.2, 0.25) is 0 Å². The molecule has 1 atom stereocenters. The van der Waals surface area contributed by atoms with E-state index in [1.807, 2.05) is 5.32 Å². The fourth-order valence-electron chi connectivity index (χ4n) is 3.16. The van der Waals surface area contributed by atoms with Crippen LogP contribution in [0.25, 0.3) is 0 Å². The average molecular weight is 404 g/mol. The molecule has 0 spiro atoms. The third-order valence-corrected chi connectivity index (χ3v) is 4.83. The number of alkyl halides is 3. The Hall–Kier alpha value is -3.48. The number of carbonyl (C=O) groups excluding carboxylic acids is 1. The number of hydrogen-bond donors (Lipinski definition) is 3. The van der Waals surface area contributed by atoms with Crippen LogP contribution in [0, 0.1) is 17.8 Å². The SMILES string of the molecule is Nc1c[nH+]cn(Cc2ccc3c(c2)NC(=O)NC3(C#CC2CC2)C(F)(F)F)c1=O. The van der Waals surface area contributed by atoms with E-state index in [-0.39, 0.29) is 29.4 Å². The van der Waals surface area contributed by atoms with Crippen LogP contribution in [-0.4, -0.2) is 16.8 Å². The van der Waals surface area contributed by atoms with E-state index in [1.54, 1.807) is 0 Å². The Morgan fingerprint density at radius 3 is 2.76 bits per heavy atom. The molecule has 1 aromatic heterocycles. The van der Waals surface area contributed by atoms with Crippen molar-refractivity contribution in [2.45, 2.75) is 31.1 Å². The summed E-state index contributed by atoms with van der Waals surface area (Å²) >= 11 is 0. The molecule has 1 aliphatic heterocycles. The van der Waals surface area contributed by atoms with Gasteiger partial charge in [-0.15, -0.1) is 0 Å². The Labute approximate surface area is 163 Å². The minimum absolute atomic E-state index is 0.00500. The highest BCUT2D eigenvalue weighted by molar-refractivity contribution is 5.95. The van der Waals surface area contributed by atoms with E-state index in [9.17, 15) is 22.8 Å². The lowest BCUT2D eigenvalue weighted by Crippen LogP contribution is -2.59. The third-order valence-electron chi connectivity index (χ3n) is 4.83. The number of anilines is 2. The third kappa shape index (κ3) is 3.40. The molecule has 1 aromatic carbocycles. The second-order valence-electron chi connectivity index (χ2n) is 7.08.